The Labute approximate surface area is 130 Å². The summed E-state index contributed by atoms with van der Waals surface area (Å²) in [6.45, 7) is 2.78. The van der Waals surface area contributed by atoms with Gasteiger partial charge in [-0.2, -0.15) is 0 Å². The fraction of sp³-hybridized carbons (Fsp3) is 0.429. The number of carboxylic acids is 1. The summed E-state index contributed by atoms with van der Waals surface area (Å²) in [4.78, 5) is 25.0. The molecule has 1 saturated heterocycles. The van der Waals surface area contributed by atoms with Crippen molar-refractivity contribution in [3.05, 3.63) is 28.2 Å². The zero-order valence-corrected chi connectivity index (χ0v) is 13.1. The number of nitrogens with one attached hydrogen (secondary N) is 1. The lowest BCUT2D eigenvalue weighted by atomic mass is 9.97. The Morgan fingerprint density at radius 2 is 2.14 bits per heavy atom. The molecule has 1 aromatic carbocycles. The molecule has 2 rings (SSSR count). The number of aromatic carboxylic acids is 1. The molecule has 1 aliphatic heterocycles. The highest BCUT2D eigenvalue weighted by molar-refractivity contribution is 9.10. The van der Waals surface area contributed by atoms with E-state index in [4.69, 9.17) is 5.11 Å². The molecular formula is C14H17BrN2O4. The second-order valence-corrected chi connectivity index (χ2v) is 6.12. The van der Waals surface area contributed by atoms with E-state index in [9.17, 15) is 14.7 Å². The second kappa shape index (κ2) is 6.44. The minimum absolute atomic E-state index is 0.00551. The monoisotopic (exact) mass is 356 g/mol. The van der Waals surface area contributed by atoms with Crippen LogP contribution in [-0.4, -0.2) is 46.3 Å². The number of urea groups is 1. The molecule has 114 valence electrons. The first-order valence-electron chi connectivity index (χ1n) is 6.65. The van der Waals surface area contributed by atoms with Crippen molar-refractivity contribution in [2.75, 3.05) is 18.4 Å². The van der Waals surface area contributed by atoms with Gasteiger partial charge in [-0.1, -0.05) is 22.9 Å². The van der Waals surface area contributed by atoms with E-state index in [0.717, 1.165) is 0 Å². The first kappa shape index (κ1) is 15.8. The molecule has 21 heavy (non-hydrogen) atoms. The van der Waals surface area contributed by atoms with Crippen molar-refractivity contribution in [3.63, 3.8) is 0 Å². The average molecular weight is 357 g/mol. The molecule has 7 heteroatoms. The van der Waals surface area contributed by atoms with E-state index in [1.165, 1.54) is 6.07 Å². The van der Waals surface area contributed by atoms with Gasteiger partial charge in [0.1, 0.15) is 0 Å². The number of carbonyl (C=O) groups is 2. The van der Waals surface area contributed by atoms with Crippen LogP contribution in [0.3, 0.4) is 0 Å². The van der Waals surface area contributed by atoms with Crippen LogP contribution in [0.4, 0.5) is 10.5 Å². The molecule has 0 spiro atoms. The number of piperidine rings is 1. The van der Waals surface area contributed by atoms with Gasteiger partial charge in [-0.05, 0) is 30.5 Å². The van der Waals surface area contributed by atoms with Crippen molar-refractivity contribution >= 4 is 33.6 Å². The van der Waals surface area contributed by atoms with E-state index in [2.05, 4.69) is 21.2 Å². The topological polar surface area (TPSA) is 89.9 Å². The van der Waals surface area contributed by atoms with Gasteiger partial charge in [0.2, 0.25) is 0 Å². The number of aliphatic hydroxyl groups is 1. The van der Waals surface area contributed by atoms with Crippen molar-refractivity contribution in [1.82, 2.24) is 4.90 Å². The number of rotatable bonds is 2. The van der Waals surface area contributed by atoms with Crippen LogP contribution in [0.2, 0.25) is 0 Å². The lowest BCUT2D eigenvalue weighted by Crippen LogP contribution is -2.46. The maximum atomic E-state index is 12.2. The number of carboxylic acid groups (broad SMARTS) is 1. The molecule has 0 aliphatic carbocycles. The van der Waals surface area contributed by atoms with E-state index in [-0.39, 0.29) is 23.2 Å². The maximum Gasteiger partial charge on any atom is 0.337 e. The fourth-order valence-corrected chi connectivity index (χ4v) is 2.68. The third kappa shape index (κ3) is 3.74. The molecule has 1 fully saturated rings. The molecule has 1 heterocycles. The Balaban J connectivity index is 2.13. The molecule has 1 aromatic rings. The molecule has 0 aromatic heterocycles. The van der Waals surface area contributed by atoms with Gasteiger partial charge in [-0.3, -0.25) is 0 Å². The van der Waals surface area contributed by atoms with Crippen molar-refractivity contribution in [2.45, 2.75) is 19.4 Å². The zero-order chi connectivity index (χ0) is 15.6. The summed E-state index contributed by atoms with van der Waals surface area (Å²) in [6, 6.07) is 4.25. The predicted molar refractivity (Wildman–Crippen MR) is 81.5 cm³/mol. The van der Waals surface area contributed by atoms with Crippen molar-refractivity contribution < 1.29 is 19.8 Å². The van der Waals surface area contributed by atoms with Gasteiger partial charge >= 0.3 is 12.0 Å². The largest absolute Gasteiger partial charge is 0.478 e. The van der Waals surface area contributed by atoms with Crippen LogP contribution in [-0.2, 0) is 0 Å². The molecule has 0 radical (unpaired) electrons. The van der Waals surface area contributed by atoms with Crippen molar-refractivity contribution in [2.24, 2.45) is 5.92 Å². The number of nitrogens with zero attached hydrogens (tertiary/aromatic N) is 1. The van der Waals surface area contributed by atoms with Crippen LogP contribution in [0.5, 0.6) is 0 Å². The summed E-state index contributed by atoms with van der Waals surface area (Å²) < 4.78 is 0.685. The van der Waals surface area contributed by atoms with E-state index >= 15 is 0 Å². The van der Waals surface area contributed by atoms with Crippen LogP contribution in [0.1, 0.15) is 23.7 Å². The third-order valence-electron chi connectivity index (χ3n) is 3.60. The number of likely N-dealkylation sites (tertiary alicyclic amines) is 1. The lowest BCUT2D eigenvalue weighted by molar-refractivity contribution is 0.0506. The van der Waals surface area contributed by atoms with Crippen LogP contribution in [0, 0.1) is 5.92 Å². The Morgan fingerprint density at radius 1 is 1.43 bits per heavy atom. The number of halogens is 1. The average Bonchev–Trinajstić information content (AvgIpc) is 2.41. The maximum absolute atomic E-state index is 12.2. The summed E-state index contributed by atoms with van der Waals surface area (Å²) in [5, 5.41) is 21.5. The minimum Gasteiger partial charge on any atom is -0.478 e. The molecule has 2 amide bonds. The third-order valence-corrected chi connectivity index (χ3v) is 4.09. The molecule has 6 nitrogen and oxygen atoms in total. The van der Waals surface area contributed by atoms with Gasteiger partial charge in [0.15, 0.2) is 0 Å². The molecular weight excluding hydrogens is 340 g/mol. The summed E-state index contributed by atoms with van der Waals surface area (Å²) in [7, 11) is 0. The van der Waals surface area contributed by atoms with Crippen molar-refractivity contribution in [3.8, 4) is 0 Å². The SMILES string of the molecule is CC1CN(C(=O)Nc2cc(Br)ccc2C(=O)O)CCC1O. The second-order valence-electron chi connectivity index (χ2n) is 5.20. The van der Waals surface area contributed by atoms with Gasteiger partial charge in [0, 0.05) is 17.6 Å². The highest BCUT2D eigenvalue weighted by Crippen LogP contribution is 2.23. The van der Waals surface area contributed by atoms with E-state index in [1.54, 1.807) is 17.0 Å². The Bertz CT molecular complexity index is 564. The highest BCUT2D eigenvalue weighted by atomic mass is 79.9. The van der Waals surface area contributed by atoms with Gasteiger partial charge in [0.05, 0.1) is 17.4 Å². The highest BCUT2D eigenvalue weighted by Gasteiger charge is 2.27. The van der Waals surface area contributed by atoms with Gasteiger partial charge in [0.25, 0.3) is 0 Å². The van der Waals surface area contributed by atoms with Crippen molar-refractivity contribution in [1.29, 1.82) is 0 Å². The standard InChI is InChI=1S/C14H17BrN2O4/c1-8-7-17(5-4-12(8)18)14(21)16-11-6-9(15)2-3-10(11)13(19)20/h2-3,6,8,12,18H,4-5,7H2,1H3,(H,16,21)(H,19,20). The van der Waals surface area contributed by atoms with Gasteiger partial charge in [-0.15, -0.1) is 0 Å². The van der Waals surface area contributed by atoms with Crippen LogP contribution in [0.15, 0.2) is 22.7 Å². The van der Waals surface area contributed by atoms with Crippen LogP contribution >= 0.6 is 15.9 Å². The molecule has 0 saturated carbocycles. The molecule has 2 atom stereocenters. The summed E-state index contributed by atoms with van der Waals surface area (Å²) in [5.74, 6) is -1.09. The molecule has 2 unspecified atom stereocenters. The van der Waals surface area contributed by atoms with Crippen LogP contribution < -0.4 is 5.32 Å². The summed E-state index contributed by atoms with van der Waals surface area (Å²) in [5.41, 5.74) is 0.289. The van der Waals surface area contributed by atoms with Gasteiger partial charge < -0.3 is 20.4 Å². The summed E-state index contributed by atoms with van der Waals surface area (Å²) in [6.07, 6.45) is 0.133. The number of anilines is 1. The number of aliphatic hydroxyl groups excluding tert-OH is 1. The van der Waals surface area contributed by atoms with E-state index in [0.29, 0.717) is 24.0 Å². The molecule has 3 N–H and O–H groups in total. The first-order valence-corrected chi connectivity index (χ1v) is 7.44. The fourth-order valence-electron chi connectivity index (χ4n) is 2.32. The normalized spacial score (nSPS) is 22.0. The Hall–Kier alpha value is -1.60. The van der Waals surface area contributed by atoms with Gasteiger partial charge in [-0.25, -0.2) is 9.59 Å². The first-order chi connectivity index (χ1) is 9.88. The summed E-state index contributed by atoms with van der Waals surface area (Å²) >= 11 is 3.26. The number of benzene rings is 1. The van der Waals surface area contributed by atoms with Crippen LogP contribution in [0.25, 0.3) is 0 Å². The quantitative estimate of drug-likeness (QED) is 0.758. The number of hydrogen-bond acceptors (Lipinski definition) is 3. The molecule has 1 aliphatic rings. The molecule has 0 bridgehead atoms. The Kier molecular flexibility index (Phi) is 4.84. The van der Waals surface area contributed by atoms with E-state index < -0.39 is 12.1 Å². The number of amides is 2. The Morgan fingerprint density at radius 3 is 2.76 bits per heavy atom. The van der Waals surface area contributed by atoms with E-state index in [1.807, 2.05) is 6.92 Å². The number of hydrogen-bond donors (Lipinski definition) is 3. The number of carbonyl (C=O) groups excluding carboxylic acids is 1. The lowest BCUT2D eigenvalue weighted by Gasteiger charge is -2.34. The zero-order valence-electron chi connectivity index (χ0n) is 11.5. The minimum atomic E-state index is -1.10. The predicted octanol–water partition coefficient (Wildman–Crippen LogP) is 2.38. The smallest absolute Gasteiger partial charge is 0.337 e.